The maximum Gasteiger partial charge on any atom is 0.152 e. The first kappa shape index (κ1) is 13.6. The molecule has 6 heteroatoms. The van der Waals surface area contributed by atoms with E-state index in [2.05, 4.69) is 16.0 Å². The number of aromatic nitrogens is 3. The summed E-state index contributed by atoms with van der Waals surface area (Å²) in [5, 5.41) is 1.03. The van der Waals surface area contributed by atoms with Crippen molar-refractivity contribution in [3.63, 3.8) is 0 Å². The fraction of sp³-hybridized carbons (Fsp3) is 0.333. The van der Waals surface area contributed by atoms with Crippen LogP contribution in [0.2, 0.25) is 0 Å². The Hall–Kier alpha value is -2.34. The molecule has 0 amide bonds. The molecule has 0 bridgehead atoms. The summed E-state index contributed by atoms with van der Waals surface area (Å²) in [7, 11) is 0. The maximum absolute atomic E-state index is 6.23. The summed E-state index contributed by atoms with van der Waals surface area (Å²) in [5.41, 5.74) is 15.3. The normalized spacial score (nSPS) is 11.5. The van der Waals surface area contributed by atoms with Gasteiger partial charge in [0, 0.05) is 11.8 Å². The van der Waals surface area contributed by atoms with Crippen LogP contribution < -0.4 is 17.3 Å². The summed E-state index contributed by atoms with van der Waals surface area (Å²) in [6.07, 6.45) is 2.56. The van der Waals surface area contributed by atoms with Crippen LogP contribution in [-0.2, 0) is 12.8 Å². The molecule has 3 rings (SSSR count). The first-order valence-electron chi connectivity index (χ1n) is 7.20. The largest absolute Gasteiger partial charge is 0.382 e. The van der Waals surface area contributed by atoms with Gasteiger partial charge in [-0.2, -0.15) is 0 Å². The molecular weight excluding hydrogens is 264 g/mol. The molecule has 0 aliphatic rings. The molecule has 21 heavy (non-hydrogen) atoms. The van der Waals surface area contributed by atoms with Crippen molar-refractivity contribution in [2.45, 2.75) is 26.2 Å². The van der Waals surface area contributed by atoms with Crippen LogP contribution in [0.25, 0.3) is 21.9 Å². The molecule has 0 spiro atoms. The van der Waals surface area contributed by atoms with Gasteiger partial charge in [-0.1, -0.05) is 19.1 Å². The number of fused-ring (bicyclic) bond motifs is 3. The average molecular weight is 284 g/mol. The van der Waals surface area contributed by atoms with Gasteiger partial charge in [-0.3, -0.25) is 0 Å². The molecule has 0 saturated heterocycles. The first-order valence-corrected chi connectivity index (χ1v) is 7.20. The molecule has 0 radical (unpaired) electrons. The molecule has 110 valence electrons. The van der Waals surface area contributed by atoms with Crippen LogP contribution >= 0.6 is 0 Å². The molecule has 0 aliphatic heterocycles. The molecule has 6 N–H and O–H groups in total. The van der Waals surface area contributed by atoms with Gasteiger partial charge < -0.3 is 17.3 Å². The number of rotatable bonds is 4. The third kappa shape index (κ3) is 2.08. The summed E-state index contributed by atoms with van der Waals surface area (Å²) in [5.74, 6) is 7.46. The van der Waals surface area contributed by atoms with Gasteiger partial charge in [0.25, 0.3) is 0 Å². The van der Waals surface area contributed by atoms with Gasteiger partial charge in [0.2, 0.25) is 0 Å². The summed E-state index contributed by atoms with van der Waals surface area (Å²) in [6.45, 7) is 2.68. The standard InChI is InChI=1S/C15H20N6/c1-2-11-20-13-14(21(11)18)12-9(6-4-8-16)5-3-7-10(12)19-15(13)17/h3,5,7H,2,4,6,8,16,18H2,1H3,(H2,17,19). The minimum absolute atomic E-state index is 0.423. The van der Waals surface area contributed by atoms with E-state index in [0.29, 0.717) is 17.9 Å². The summed E-state index contributed by atoms with van der Waals surface area (Å²) in [4.78, 5) is 9.00. The lowest BCUT2D eigenvalue weighted by Gasteiger charge is -2.09. The molecule has 3 aromatic rings. The van der Waals surface area contributed by atoms with Crippen molar-refractivity contribution >= 4 is 27.8 Å². The van der Waals surface area contributed by atoms with Crippen molar-refractivity contribution in [3.05, 3.63) is 29.6 Å². The molecule has 0 unspecified atom stereocenters. The van der Waals surface area contributed by atoms with Gasteiger partial charge in [-0.15, -0.1) is 0 Å². The second-order valence-corrected chi connectivity index (χ2v) is 5.15. The highest BCUT2D eigenvalue weighted by Crippen LogP contribution is 2.30. The van der Waals surface area contributed by atoms with Gasteiger partial charge in [-0.25, -0.2) is 14.6 Å². The van der Waals surface area contributed by atoms with Crippen molar-refractivity contribution in [2.24, 2.45) is 5.73 Å². The molecule has 0 aliphatic carbocycles. The molecule has 1 aromatic carbocycles. The molecule has 6 nitrogen and oxygen atoms in total. The number of aryl methyl sites for hydroxylation is 2. The first-order chi connectivity index (χ1) is 10.2. The zero-order chi connectivity index (χ0) is 15.0. The van der Waals surface area contributed by atoms with E-state index in [1.165, 1.54) is 5.56 Å². The Morgan fingerprint density at radius 3 is 2.76 bits per heavy atom. The number of nitrogens with zero attached hydrogens (tertiary/aromatic N) is 3. The molecule has 0 saturated carbocycles. The Bertz CT molecular complexity index is 805. The highest BCUT2D eigenvalue weighted by molar-refractivity contribution is 6.08. The lowest BCUT2D eigenvalue weighted by molar-refractivity contribution is 0.836. The summed E-state index contributed by atoms with van der Waals surface area (Å²) >= 11 is 0. The Morgan fingerprint density at radius 2 is 2.05 bits per heavy atom. The SMILES string of the molecule is CCc1nc2c(N)nc3cccc(CCCN)c3c2n1N. The van der Waals surface area contributed by atoms with E-state index < -0.39 is 0 Å². The van der Waals surface area contributed by atoms with Crippen LogP contribution in [0.15, 0.2) is 18.2 Å². The van der Waals surface area contributed by atoms with E-state index in [1.54, 1.807) is 4.68 Å². The lowest BCUT2D eigenvalue weighted by atomic mass is 10.0. The van der Waals surface area contributed by atoms with Crippen LogP contribution in [0.4, 0.5) is 5.82 Å². The second kappa shape index (κ2) is 5.21. The minimum atomic E-state index is 0.423. The second-order valence-electron chi connectivity index (χ2n) is 5.15. The van der Waals surface area contributed by atoms with Crippen LogP contribution in [-0.4, -0.2) is 21.2 Å². The predicted octanol–water partition coefficient (Wildman–Crippen LogP) is 1.33. The third-order valence-electron chi connectivity index (χ3n) is 3.80. The number of pyridine rings is 1. The number of imidazole rings is 1. The number of nitrogen functional groups attached to an aromatic ring is 2. The van der Waals surface area contributed by atoms with Gasteiger partial charge in [-0.05, 0) is 31.0 Å². The van der Waals surface area contributed by atoms with Crippen LogP contribution in [0.1, 0.15) is 24.7 Å². The monoisotopic (exact) mass is 284 g/mol. The lowest BCUT2D eigenvalue weighted by Crippen LogP contribution is -2.12. The van der Waals surface area contributed by atoms with E-state index in [-0.39, 0.29) is 0 Å². The molecule has 0 atom stereocenters. The van der Waals surface area contributed by atoms with Gasteiger partial charge in [0.15, 0.2) is 5.82 Å². The third-order valence-corrected chi connectivity index (χ3v) is 3.80. The Kier molecular flexibility index (Phi) is 3.39. The quantitative estimate of drug-likeness (QED) is 0.626. The van der Waals surface area contributed by atoms with Gasteiger partial charge in [0.05, 0.1) is 5.52 Å². The number of benzene rings is 1. The fourth-order valence-corrected chi connectivity index (χ4v) is 2.78. The van der Waals surface area contributed by atoms with E-state index in [0.717, 1.165) is 41.5 Å². The van der Waals surface area contributed by atoms with E-state index in [9.17, 15) is 0 Å². The van der Waals surface area contributed by atoms with Crippen LogP contribution in [0, 0.1) is 0 Å². The van der Waals surface area contributed by atoms with Crippen molar-refractivity contribution < 1.29 is 0 Å². The topological polar surface area (TPSA) is 109 Å². The number of hydrogen-bond donors (Lipinski definition) is 3. The fourth-order valence-electron chi connectivity index (χ4n) is 2.78. The Morgan fingerprint density at radius 1 is 1.24 bits per heavy atom. The van der Waals surface area contributed by atoms with Crippen molar-refractivity contribution in [3.8, 4) is 0 Å². The highest BCUT2D eigenvalue weighted by Gasteiger charge is 2.17. The van der Waals surface area contributed by atoms with Gasteiger partial charge in [0.1, 0.15) is 16.9 Å². The number of anilines is 1. The van der Waals surface area contributed by atoms with Crippen molar-refractivity contribution in [2.75, 3.05) is 18.1 Å². The maximum atomic E-state index is 6.23. The zero-order valence-corrected chi connectivity index (χ0v) is 12.1. The highest BCUT2D eigenvalue weighted by atomic mass is 15.3. The predicted molar refractivity (Wildman–Crippen MR) is 86.4 cm³/mol. The Balaban J connectivity index is 2.41. The van der Waals surface area contributed by atoms with Crippen LogP contribution in [0.3, 0.4) is 0 Å². The average Bonchev–Trinajstić information content (AvgIpc) is 2.83. The number of nitrogens with two attached hydrogens (primary N) is 3. The molecule has 0 fully saturated rings. The molecule has 2 aromatic heterocycles. The zero-order valence-electron chi connectivity index (χ0n) is 12.1. The number of hydrogen-bond acceptors (Lipinski definition) is 5. The van der Waals surface area contributed by atoms with E-state index in [4.69, 9.17) is 17.3 Å². The van der Waals surface area contributed by atoms with Gasteiger partial charge >= 0.3 is 0 Å². The van der Waals surface area contributed by atoms with E-state index >= 15 is 0 Å². The molecule has 2 heterocycles. The van der Waals surface area contributed by atoms with Crippen molar-refractivity contribution in [1.29, 1.82) is 0 Å². The molecular formula is C15H20N6. The summed E-state index contributed by atoms with van der Waals surface area (Å²) in [6, 6.07) is 6.04. The van der Waals surface area contributed by atoms with Crippen LogP contribution in [0.5, 0.6) is 0 Å². The minimum Gasteiger partial charge on any atom is -0.382 e. The Labute approximate surface area is 122 Å². The van der Waals surface area contributed by atoms with E-state index in [1.807, 2.05) is 19.1 Å². The van der Waals surface area contributed by atoms with Crippen molar-refractivity contribution in [1.82, 2.24) is 14.6 Å². The smallest absolute Gasteiger partial charge is 0.152 e. The summed E-state index contributed by atoms with van der Waals surface area (Å²) < 4.78 is 1.64.